The lowest BCUT2D eigenvalue weighted by Gasteiger charge is -2.39. The number of piperidine rings is 1. The van der Waals surface area contributed by atoms with Gasteiger partial charge in [0, 0.05) is 30.7 Å². The number of anilines is 1. The van der Waals surface area contributed by atoms with Crippen LogP contribution in [0.15, 0.2) is 18.2 Å². The number of halogens is 3. The van der Waals surface area contributed by atoms with Crippen LogP contribution in [0, 0.1) is 0 Å². The van der Waals surface area contributed by atoms with Gasteiger partial charge in [-0.3, -0.25) is 0 Å². The van der Waals surface area contributed by atoms with Gasteiger partial charge in [0.1, 0.15) is 5.60 Å². The van der Waals surface area contributed by atoms with Gasteiger partial charge in [0.05, 0.1) is 5.56 Å². The monoisotopic (exact) mass is 356 g/mol. The van der Waals surface area contributed by atoms with Crippen LogP contribution in [0.1, 0.15) is 44.7 Å². The summed E-state index contributed by atoms with van der Waals surface area (Å²) in [6.45, 7) is 7.16. The Morgan fingerprint density at radius 3 is 2.40 bits per heavy atom. The number of nitrogens with zero attached hydrogens (tertiary/aromatic N) is 1. The molecule has 0 aromatic heterocycles. The third kappa shape index (κ3) is 3.55. The second kappa shape index (κ2) is 5.81. The number of alkyl halides is 3. The maximum absolute atomic E-state index is 12.9. The molecule has 0 aliphatic carbocycles. The second-order valence-electron chi connectivity index (χ2n) is 7.86. The first kappa shape index (κ1) is 17.9. The van der Waals surface area contributed by atoms with Gasteiger partial charge in [-0.05, 0) is 51.3 Å². The average Bonchev–Trinajstić information content (AvgIpc) is 2.84. The van der Waals surface area contributed by atoms with Crippen molar-refractivity contribution in [1.29, 1.82) is 0 Å². The largest absolute Gasteiger partial charge is 0.444 e. The predicted octanol–water partition coefficient (Wildman–Crippen LogP) is 4.40. The standard InChI is InChI=1S/C18H23F3N2O2/c1-16(2,3)25-15(24)23-8-6-17(7-9-23)11-22-14-10-12(18(19,20)21)4-5-13(14)17/h4-5,10,22H,6-9,11H2,1-3H3. The fourth-order valence-corrected chi connectivity index (χ4v) is 3.58. The Bertz CT molecular complexity index is 672. The Hall–Kier alpha value is -1.92. The van der Waals surface area contributed by atoms with Crippen molar-refractivity contribution >= 4 is 11.8 Å². The number of likely N-dealkylation sites (tertiary alicyclic amines) is 1. The van der Waals surface area contributed by atoms with Gasteiger partial charge in [0.15, 0.2) is 0 Å². The highest BCUT2D eigenvalue weighted by Crippen LogP contribution is 2.45. The van der Waals surface area contributed by atoms with E-state index < -0.39 is 17.3 Å². The van der Waals surface area contributed by atoms with Crippen LogP contribution in [0.25, 0.3) is 0 Å². The molecular formula is C18H23F3N2O2. The zero-order chi connectivity index (χ0) is 18.5. The van der Waals surface area contributed by atoms with E-state index in [1.807, 2.05) is 20.8 Å². The van der Waals surface area contributed by atoms with Gasteiger partial charge in [-0.25, -0.2) is 4.79 Å². The molecule has 2 heterocycles. The Labute approximate surface area is 145 Å². The highest BCUT2D eigenvalue weighted by atomic mass is 19.4. The van der Waals surface area contributed by atoms with Crippen molar-refractivity contribution in [2.75, 3.05) is 25.0 Å². The zero-order valence-electron chi connectivity index (χ0n) is 14.7. The van der Waals surface area contributed by atoms with Gasteiger partial charge >= 0.3 is 12.3 Å². The number of amides is 1. The summed E-state index contributed by atoms with van der Waals surface area (Å²) in [6, 6.07) is 3.92. The molecule has 2 aliphatic rings. The maximum atomic E-state index is 12.9. The third-order valence-electron chi connectivity index (χ3n) is 4.91. The average molecular weight is 356 g/mol. The molecule has 7 heteroatoms. The summed E-state index contributed by atoms with van der Waals surface area (Å²) < 4.78 is 44.0. The summed E-state index contributed by atoms with van der Waals surface area (Å²) in [4.78, 5) is 13.9. The fourth-order valence-electron chi connectivity index (χ4n) is 3.58. The first-order chi connectivity index (χ1) is 11.5. The molecule has 138 valence electrons. The summed E-state index contributed by atoms with van der Waals surface area (Å²) in [5, 5.41) is 3.12. The number of hydrogen-bond donors (Lipinski definition) is 1. The van der Waals surface area contributed by atoms with E-state index in [1.165, 1.54) is 6.07 Å². The third-order valence-corrected chi connectivity index (χ3v) is 4.91. The maximum Gasteiger partial charge on any atom is 0.416 e. The molecule has 1 aromatic carbocycles. The molecule has 1 aromatic rings. The molecule has 0 saturated carbocycles. The fraction of sp³-hybridized carbons (Fsp3) is 0.611. The van der Waals surface area contributed by atoms with Gasteiger partial charge < -0.3 is 15.0 Å². The molecule has 0 atom stereocenters. The highest BCUT2D eigenvalue weighted by Gasteiger charge is 2.44. The van der Waals surface area contributed by atoms with Gasteiger partial charge in [0.25, 0.3) is 0 Å². The van der Waals surface area contributed by atoms with E-state index in [1.54, 1.807) is 11.0 Å². The molecule has 0 unspecified atom stereocenters. The van der Waals surface area contributed by atoms with Crippen molar-refractivity contribution < 1.29 is 22.7 Å². The number of fused-ring (bicyclic) bond motifs is 2. The van der Waals surface area contributed by atoms with Crippen molar-refractivity contribution in [1.82, 2.24) is 4.90 Å². The number of benzene rings is 1. The number of carbonyl (C=O) groups excluding carboxylic acids is 1. The molecule has 1 spiro atoms. The van der Waals surface area contributed by atoms with Crippen LogP contribution in [-0.4, -0.2) is 36.2 Å². The van der Waals surface area contributed by atoms with E-state index >= 15 is 0 Å². The van der Waals surface area contributed by atoms with E-state index in [4.69, 9.17) is 4.74 Å². The van der Waals surface area contributed by atoms with Crippen LogP contribution in [-0.2, 0) is 16.3 Å². The van der Waals surface area contributed by atoms with Crippen LogP contribution in [0.2, 0.25) is 0 Å². The minimum Gasteiger partial charge on any atom is -0.444 e. The zero-order valence-corrected chi connectivity index (χ0v) is 14.7. The molecule has 1 amide bonds. The quantitative estimate of drug-likeness (QED) is 0.749. The smallest absolute Gasteiger partial charge is 0.416 e. The molecule has 1 saturated heterocycles. The second-order valence-corrected chi connectivity index (χ2v) is 7.86. The molecular weight excluding hydrogens is 333 g/mol. The van der Waals surface area contributed by atoms with E-state index in [0.717, 1.165) is 11.6 Å². The first-order valence-electron chi connectivity index (χ1n) is 8.44. The number of ether oxygens (including phenoxy) is 1. The lowest BCUT2D eigenvalue weighted by Crippen LogP contribution is -2.47. The summed E-state index contributed by atoms with van der Waals surface area (Å²) in [6.07, 6.45) is -3.26. The molecule has 4 nitrogen and oxygen atoms in total. The van der Waals surface area contributed by atoms with Crippen LogP contribution < -0.4 is 5.32 Å². The molecule has 0 bridgehead atoms. The minimum atomic E-state index is -4.34. The minimum absolute atomic E-state index is 0.210. The van der Waals surface area contributed by atoms with Crippen LogP contribution in [0.5, 0.6) is 0 Å². The lowest BCUT2D eigenvalue weighted by molar-refractivity contribution is -0.137. The van der Waals surface area contributed by atoms with Crippen LogP contribution >= 0.6 is 0 Å². The van der Waals surface area contributed by atoms with Crippen molar-refractivity contribution in [3.05, 3.63) is 29.3 Å². The number of rotatable bonds is 0. The van der Waals surface area contributed by atoms with E-state index in [0.29, 0.717) is 38.2 Å². The van der Waals surface area contributed by atoms with E-state index in [-0.39, 0.29) is 11.5 Å². The Kier molecular flexibility index (Phi) is 4.16. The first-order valence-corrected chi connectivity index (χ1v) is 8.44. The lowest BCUT2D eigenvalue weighted by atomic mass is 9.74. The van der Waals surface area contributed by atoms with Crippen LogP contribution in [0.3, 0.4) is 0 Å². The van der Waals surface area contributed by atoms with Gasteiger partial charge in [-0.1, -0.05) is 6.07 Å². The summed E-state index contributed by atoms with van der Waals surface area (Å²) in [7, 11) is 0. The van der Waals surface area contributed by atoms with Crippen molar-refractivity contribution in [3.63, 3.8) is 0 Å². The SMILES string of the molecule is CC(C)(C)OC(=O)N1CCC2(CC1)CNc1cc(C(F)(F)F)ccc12. The van der Waals surface area contributed by atoms with Crippen molar-refractivity contribution in [2.45, 2.75) is 50.8 Å². The van der Waals surface area contributed by atoms with E-state index in [2.05, 4.69) is 5.32 Å². The normalized spacial score (nSPS) is 19.5. The van der Waals surface area contributed by atoms with E-state index in [9.17, 15) is 18.0 Å². The molecule has 25 heavy (non-hydrogen) atoms. The molecule has 1 fully saturated rings. The Balaban J connectivity index is 1.73. The summed E-state index contributed by atoms with van der Waals surface area (Å²) in [5.41, 5.74) is 0.0894. The molecule has 0 radical (unpaired) electrons. The number of nitrogens with one attached hydrogen (secondary N) is 1. The van der Waals surface area contributed by atoms with Crippen LogP contribution in [0.4, 0.5) is 23.7 Å². The number of carbonyl (C=O) groups is 1. The highest BCUT2D eigenvalue weighted by molar-refractivity contribution is 5.69. The molecule has 1 N–H and O–H groups in total. The molecule has 3 rings (SSSR count). The summed E-state index contributed by atoms with van der Waals surface area (Å²) >= 11 is 0. The topological polar surface area (TPSA) is 41.6 Å². The number of hydrogen-bond acceptors (Lipinski definition) is 3. The molecule has 2 aliphatic heterocycles. The van der Waals surface area contributed by atoms with Gasteiger partial charge in [-0.15, -0.1) is 0 Å². The van der Waals surface area contributed by atoms with Crippen molar-refractivity contribution in [3.8, 4) is 0 Å². The predicted molar refractivity (Wildman–Crippen MR) is 88.7 cm³/mol. The van der Waals surface area contributed by atoms with Gasteiger partial charge in [0.2, 0.25) is 0 Å². The van der Waals surface area contributed by atoms with Crippen molar-refractivity contribution in [2.24, 2.45) is 0 Å². The Morgan fingerprint density at radius 1 is 1.20 bits per heavy atom. The Morgan fingerprint density at radius 2 is 1.84 bits per heavy atom. The van der Waals surface area contributed by atoms with Gasteiger partial charge in [-0.2, -0.15) is 13.2 Å². The summed E-state index contributed by atoms with van der Waals surface area (Å²) in [5.74, 6) is 0.